The minimum atomic E-state index is -0.701. The van der Waals surface area contributed by atoms with Gasteiger partial charge < -0.3 is 14.3 Å². The maximum atomic E-state index is 14.4. The van der Waals surface area contributed by atoms with E-state index < -0.39 is 6.04 Å². The molecular formula is C20H25FN4O2. The molecule has 1 aliphatic rings. The molecule has 3 rings (SSSR count). The number of carbonyl (C=O) groups is 1. The molecule has 1 amide bonds. The van der Waals surface area contributed by atoms with E-state index in [0.29, 0.717) is 35.7 Å². The lowest BCUT2D eigenvalue weighted by Crippen LogP contribution is -2.39. The molecule has 0 saturated carbocycles. The normalized spacial score (nSPS) is 16.7. The highest BCUT2D eigenvalue weighted by Gasteiger charge is 2.33. The molecule has 0 N–H and O–H groups in total. The molecule has 1 atom stereocenters. The minimum Gasteiger partial charge on any atom is -0.359 e. The zero-order valence-electron chi connectivity index (χ0n) is 16.0. The molecule has 0 fully saturated rings. The van der Waals surface area contributed by atoms with Crippen molar-refractivity contribution in [3.8, 4) is 0 Å². The molecule has 1 aliphatic heterocycles. The van der Waals surface area contributed by atoms with Crippen molar-refractivity contribution < 1.29 is 13.7 Å². The van der Waals surface area contributed by atoms with Gasteiger partial charge in [0.2, 0.25) is 0 Å². The fraction of sp³-hybridized carbons (Fsp3) is 0.450. The summed E-state index contributed by atoms with van der Waals surface area (Å²) in [5.74, 6) is 0.000528. The van der Waals surface area contributed by atoms with Gasteiger partial charge in [-0.15, -0.1) is 0 Å². The van der Waals surface area contributed by atoms with Crippen LogP contribution in [-0.4, -0.2) is 48.4 Å². The Morgan fingerprint density at radius 3 is 2.63 bits per heavy atom. The average Bonchev–Trinajstić information content (AvgIpc) is 3.04. The van der Waals surface area contributed by atoms with Crippen molar-refractivity contribution in [2.45, 2.75) is 33.2 Å². The fourth-order valence-electron chi connectivity index (χ4n) is 3.35. The third-order valence-electron chi connectivity index (χ3n) is 4.95. The highest BCUT2D eigenvalue weighted by molar-refractivity contribution is 6.33. The van der Waals surface area contributed by atoms with E-state index in [2.05, 4.69) is 28.9 Å². The minimum absolute atomic E-state index is 0.236. The number of rotatable bonds is 7. The van der Waals surface area contributed by atoms with Crippen LogP contribution < -0.4 is 4.90 Å². The molecular weight excluding hydrogens is 347 g/mol. The summed E-state index contributed by atoms with van der Waals surface area (Å²) in [6.07, 6.45) is 1.86. The second-order valence-corrected chi connectivity index (χ2v) is 6.41. The summed E-state index contributed by atoms with van der Waals surface area (Å²) in [6, 6.07) is 5.72. The number of amides is 1. The number of benzene rings is 1. The molecule has 1 aromatic heterocycles. The van der Waals surface area contributed by atoms with Gasteiger partial charge in [-0.3, -0.25) is 9.79 Å². The van der Waals surface area contributed by atoms with Crippen LogP contribution in [0.5, 0.6) is 0 Å². The molecule has 0 saturated heterocycles. The van der Waals surface area contributed by atoms with Gasteiger partial charge in [-0.2, -0.15) is 0 Å². The molecule has 1 aromatic carbocycles. The number of nitrogens with zero attached hydrogens (tertiary/aromatic N) is 4. The highest BCUT2D eigenvalue weighted by atomic mass is 19.1. The second-order valence-electron chi connectivity index (χ2n) is 6.41. The third-order valence-corrected chi connectivity index (χ3v) is 4.95. The Morgan fingerprint density at radius 2 is 1.96 bits per heavy atom. The molecule has 2 heterocycles. The van der Waals surface area contributed by atoms with Gasteiger partial charge in [-0.1, -0.05) is 44.1 Å². The van der Waals surface area contributed by atoms with Gasteiger partial charge in [0, 0.05) is 25.1 Å². The Hall–Kier alpha value is -2.54. The van der Waals surface area contributed by atoms with Crippen molar-refractivity contribution in [1.82, 2.24) is 10.1 Å². The van der Waals surface area contributed by atoms with Crippen LogP contribution in [0.3, 0.4) is 0 Å². The largest absolute Gasteiger partial charge is 0.359 e. The first kappa shape index (κ1) is 19.2. The van der Waals surface area contributed by atoms with Gasteiger partial charge in [0.15, 0.2) is 5.76 Å². The summed E-state index contributed by atoms with van der Waals surface area (Å²) in [5, 5.41) is 4.18. The third kappa shape index (κ3) is 3.78. The van der Waals surface area contributed by atoms with Gasteiger partial charge in [0.25, 0.3) is 5.91 Å². The quantitative estimate of drug-likeness (QED) is 0.749. The number of carbonyl (C=O) groups excluding carboxylic acids is 1. The van der Waals surface area contributed by atoms with Gasteiger partial charge in [-0.25, -0.2) is 4.39 Å². The van der Waals surface area contributed by atoms with Crippen molar-refractivity contribution in [1.29, 1.82) is 0 Å². The van der Waals surface area contributed by atoms with E-state index in [1.807, 2.05) is 6.92 Å². The fourth-order valence-corrected chi connectivity index (χ4v) is 3.35. The zero-order chi connectivity index (χ0) is 19.4. The van der Waals surface area contributed by atoms with Crippen LogP contribution >= 0.6 is 0 Å². The first-order valence-corrected chi connectivity index (χ1v) is 9.40. The van der Waals surface area contributed by atoms with E-state index in [1.54, 1.807) is 23.1 Å². The smallest absolute Gasteiger partial charge is 0.269 e. The molecule has 2 aromatic rings. The van der Waals surface area contributed by atoms with E-state index in [9.17, 15) is 9.18 Å². The Labute approximate surface area is 158 Å². The Balaban J connectivity index is 2.03. The Morgan fingerprint density at radius 1 is 1.22 bits per heavy atom. The number of hydrogen-bond donors (Lipinski definition) is 0. The Kier molecular flexibility index (Phi) is 6.01. The molecule has 0 aliphatic carbocycles. The molecule has 27 heavy (non-hydrogen) atoms. The summed E-state index contributed by atoms with van der Waals surface area (Å²) in [7, 11) is 0. The number of anilines is 1. The van der Waals surface area contributed by atoms with Crippen LogP contribution in [0.2, 0.25) is 0 Å². The first-order valence-electron chi connectivity index (χ1n) is 9.40. The topological polar surface area (TPSA) is 61.9 Å². The van der Waals surface area contributed by atoms with E-state index in [4.69, 9.17) is 4.52 Å². The molecule has 0 spiro atoms. The maximum absolute atomic E-state index is 14.4. The van der Waals surface area contributed by atoms with Crippen LogP contribution in [0.1, 0.15) is 43.8 Å². The molecule has 1 unspecified atom stereocenters. The molecule has 6 nitrogen and oxygen atoms in total. The van der Waals surface area contributed by atoms with Crippen LogP contribution in [0.4, 0.5) is 10.1 Å². The Bertz CT molecular complexity index is 829. The van der Waals surface area contributed by atoms with Crippen molar-refractivity contribution in [3.63, 3.8) is 0 Å². The molecule has 7 heteroatoms. The van der Waals surface area contributed by atoms with E-state index in [-0.39, 0.29) is 11.7 Å². The number of aromatic nitrogens is 1. The number of aryl methyl sites for hydroxylation is 1. The summed E-state index contributed by atoms with van der Waals surface area (Å²) in [5.41, 5.74) is 1.49. The maximum Gasteiger partial charge on any atom is 0.269 e. The highest BCUT2D eigenvalue weighted by Crippen LogP contribution is 2.38. The molecule has 0 radical (unpaired) electrons. The van der Waals surface area contributed by atoms with Crippen molar-refractivity contribution in [2.75, 3.05) is 31.1 Å². The number of aliphatic imine (C=N–C) groups is 1. The predicted molar refractivity (Wildman–Crippen MR) is 103 cm³/mol. The number of likely N-dealkylation sites (N-methyl/N-ethyl adjacent to an activating group) is 1. The molecule has 0 bridgehead atoms. The monoisotopic (exact) mass is 372 g/mol. The average molecular weight is 372 g/mol. The SMILES string of the molecule is CCc1onc2c1N(CCN(CC)CC)C(=O)C=NC2c1ccccc1F. The van der Waals surface area contributed by atoms with Crippen molar-refractivity contribution >= 4 is 17.8 Å². The number of fused-ring (bicyclic) bond motifs is 1. The lowest BCUT2D eigenvalue weighted by molar-refractivity contribution is -0.112. The molecule has 144 valence electrons. The van der Waals surface area contributed by atoms with E-state index >= 15 is 0 Å². The van der Waals surface area contributed by atoms with E-state index in [1.165, 1.54) is 12.3 Å². The lowest BCUT2D eigenvalue weighted by atomic mass is 10.0. The van der Waals surface area contributed by atoms with E-state index in [0.717, 1.165) is 19.6 Å². The predicted octanol–water partition coefficient (Wildman–Crippen LogP) is 3.22. The summed E-state index contributed by atoms with van der Waals surface area (Å²) in [4.78, 5) is 21.0. The van der Waals surface area contributed by atoms with Crippen LogP contribution in [0.15, 0.2) is 33.8 Å². The van der Waals surface area contributed by atoms with Crippen LogP contribution in [-0.2, 0) is 11.2 Å². The van der Waals surface area contributed by atoms with Crippen LogP contribution in [0.25, 0.3) is 0 Å². The van der Waals surface area contributed by atoms with Gasteiger partial charge in [-0.05, 0) is 19.2 Å². The second kappa shape index (κ2) is 8.43. The number of halogens is 1. The van der Waals surface area contributed by atoms with Gasteiger partial charge in [0.1, 0.15) is 23.2 Å². The van der Waals surface area contributed by atoms with Gasteiger partial charge >= 0.3 is 0 Å². The van der Waals surface area contributed by atoms with Gasteiger partial charge in [0.05, 0.1) is 6.21 Å². The lowest BCUT2D eigenvalue weighted by Gasteiger charge is -2.25. The zero-order valence-corrected chi connectivity index (χ0v) is 16.0. The first-order chi connectivity index (χ1) is 13.1. The van der Waals surface area contributed by atoms with Crippen LogP contribution in [0, 0.1) is 5.82 Å². The summed E-state index contributed by atoms with van der Waals surface area (Å²) < 4.78 is 19.9. The van der Waals surface area contributed by atoms with Crippen molar-refractivity contribution in [3.05, 3.63) is 47.1 Å². The summed E-state index contributed by atoms with van der Waals surface area (Å²) in [6.45, 7) is 9.15. The number of hydrogen-bond acceptors (Lipinski definition) is 5. The summed E-state index contributed by atoms with van der Waals surface area (Å²) >= 11 is 0. The standard InChI is InChI=1S/C20H25FN4O2/c1-4-16-20-19(23-27-16)18(14-9-7-8-10-15(14)21)22-13-17(26)25(20)12-11-24(5-2)6-3/h7-10,13,18H,4-6,11-12H2,1-3H3. The van der Waals surface area contributed by atoms with Crippen molar-refractivity contribution in [2.24, 2.45) is 4.99 Å².